The van der Waals surface area contributed by atoms with Crippen molar-refractivity contribution in [2.24, 2.45) is 0 Å². The van der Waals surface area contributed by atoms with E-state index in [9.17, 15) is 26.3 Å². The van der Waals surface area contributed by atoms with Crippen LogP contribution in [0.2, 0.25) is 5.82 Å². The summed E-state index contributed by atoms with van der Waals surface area (Å²) in [7, 11) is 0. The molecule has 0 amide bonds. The van der Waals surface area contributed by atoms with Gasteiger partial charge in [0.1, 0.15) is 29.4 Å². The molecule has 0 aromatic heterocycles. The van der Waals surface area contributed by atoms with Crippen LogP contribution in [-0.2, 0) is 0 Å². The smallest absolute Gasteiger partial charge is 0.200 e. The van der Waals surface area contributed by atoms with Crippen molar-refractivity contribution >= 4 is 17.1 Å². The molecule has 2 aromatic rings. The fourth-order valence-corrected chi connectivity index (χ4v) is 6.65. The average Bonchev–Trinajstić information content (AvgIpc) is 2.97. The van der Waals surface area contributed by atoms with E-state index in [1.54, 1.807) is 6.92 Å². The minimum Gasteiger partial charge on any atom is -0.303 e. The number of benzene rings is 2. The monoisotopic (exact) mass is 578 g/mol. The lowest BCUT2D eigenvalue weighted by molar-refractivity contribution is 0.129. The molecule has 2 atom stereocenters. The molecule has 40 heavy (non-hydrogen) atoms. The standard InChI is InChI=1S/C28H27BF10N/c1-2-3-7-12-29(17-19(30)23(34)27(38)24(35)20(17)31,18-21(32)25(36)28(39)26(37)22(18)33)15-10-5-6-11-16(15)40-13-8-4-9-14-40/h15-16H,2-6,8-11,13-14H2,1H3/q-1/t15-,16-/m1/s1. The highest BCUT2D eigenvalue weighted by Crippen LogP contribution is 2.43. The molecule has 2 aliphatic rings. The van der Waals surface area contributed by atoms with Gasteiger partial charge in [-0.05, 0) is 44.8 Å². The number of rotatable bonds is 5. The fourth-order valence-electron chi connectivity index (χ4n) is 6.65. The van der Waals surface area contributed by atoms with Crippen LogP contribution >= 0.6 is 0 Å². The number of halogens is 10. The highest BCUT2D eigenvalue weighted by atomic mass is 19.2. The summed E-state index contributed by atoms with van der Waals surface area (Å²) in [6, 6.07) is -0.727. The molecule has 12 heteroatoms. The third kappa shape index (κ3) is 4.88. The van der Waals surface area contributed by atoms with Crippen LogP contribution in [0.3, 0.4) is 0 Å². The summed E-state index contributed by atoms with van der Waals surface area (Å²) in [5.41, 5.74) is -3.31. The van der Waals surface area contributed by atoms with Crippen molar-refractivity contribution in [3.05, 3.63) is 58.2 Å². The van der Waals surface area contributed by atoms with Gasteiger partial charge < -0.3 is 10.7 Å². The van der Waals surface area contributed by atoms with E-state index in [2.05, 4.69) is 11.7 Å². The van der Waals surface area contributed by atoms with Gasteiger partial charge in [0.05, 0.1) is 0 Å². The number of hydrogen-bond acceptors (Lipinski definition) is 1. The Hall–Kier alpha value is -2.68. The second kappa shape index (κ2) is 12.1. The van der Waals surface area contributed by atoms with Crippen molar-refractivity contribution in [1.29, 1.82) is 0 Å². The number of hydrogen-bond donors (Lipinski definition) is 0. The van der Waals surface area contributed by atoms with E-state index in [1.807, 2.05) is 4.90 Å². The molecule has 0 bridgehead atoms. The van der Waals surface area contributed by atoms with E-state index in [0.717, 1.165) is 19.3 Å². The van der Waals surface area contributed by atoms with E-state index >= 15 is 17.6 Å². The number of piperidine rings is 1. The Labute approximate surface area is 225 Å². The van der Waals surface area contributed by atoms with Gasteiger partial charge in [-0.15, -0.1) is 22.7 Å². The lowest BCUT2D eigenvalue weighted by Gasteiger charge is -2.54. The first-order valence-electron chi connectivity index (χ1n) is 13.4. The quantitative estimate of drug-likeness (QED) is 0.124. The average molecular weight is 578 g/mol. The van der Waals surface area contributed by atoms with Crippen molar-refractivity contribution < 1.29 is 43.9 Å². The highest BCUT2D eigenvalue weighted by molar-refractivity contribution is 7.09. The molecule has 1 aliphatic heterocycles. The molecule has 1 nitrogen and oxygen atoms in total. The maximum atomic E-state index is 15.7. The molecule has 1 saturated carbocycles. The second-order valence-electron chi connectivity index (χ2n) is 10.6. The summed E-state index contributed by atoms with van der Waals surface area (Å²) in [6.07, 6.45) is -0.379. The number of nitrogens with zero attached hydrogens (tertiary/aromatic N) is 1. The first-order valence-corrected chi connectivity index (χ1v) is 13.4. The van der Waals surface area contributed by atoms with E-state index in [4.69, 9.17) is 0 Å². The minimum atomic E-state index is -4.13. The summed E-state index contributed by atoms with van der Waals surface area (Å²) < 4.78 is 150. The Balaban J connectivity index is 2.22. The van der Waals surface area contributed by atoms with Crippen LogP contribution in [0.1, 0.15) is 64.7 Å². The lowest BCUT2D eigenvalue weighted by Crippen LogP contribution is -2.69. The topological polar surface area (TPSA) is 3.24 Å². The summed E-state index contributed by atoms with van der Waals surface area (Å²) >= 11 is 0. The Morgan fingerprint density at radius 2 is 1.02 bits per heavy atom. The number of unbranched alkanes of at least 4 members (excludes halogenated alkanes) is 1. The van der Waals surface area contributed by atoms with Gasteiger partial charge in [0, 0.05) is 6.42 Å². The van der Waals surface area contributed by atoms with E-state index in [1.165, 1.54) is 0 Å². The van der Waals surface area contributed by atoms with Crippen molar-refractivity contribution in [2.75, 3.05) is 13.1 Å². The minimum absolute atomic E-state index is 0.0323. The van der Waals surface area contributed by atoms with Gasteiger partial charge in [-0.3, -0.25) is 0 Å². The number of likely N-dealkylation sites (tertiary alicyclic amines) is 1. The third-order valence-electron chi connectivity index (χ3n) is 8.39. The maximum absolute atomic E-state index is 15.7. The van der Waals surface area contributed by atoms with Gasteiger partial charge in [-0.1, -0.05) is 32.6 Å². The molecule has 1 aliphatic carbocycles. The summed E-state index contributed by atoms with van der Waals surface area (Å²) in [6.45, 7) is 2.60. The predicted molar refractivity (Wildman–Crippen MR) is 132 cm³/mol. The van der Waals surface area contributed by atoms with Crippen LogP contribution in [0.25, 0.3) is 0 Å². The second-order valence-corrected chi connectivity index (χ2v) is 10.6. The summed E-state index contributed by atoms with van der Waals surface area (Å²) in [5, 5.41) is 0. The van der Waals surface area contributed by atoms with Gasteiger partial charge in [0.2, 0.25) is 0 Å². The van der Waals surface area contributed by atoms with Crippen LogP contribution in [-0.4, -0.2) is 30.2 Å². The van der Waals surface area contributed by atoms with Gasteiger partial charge in [-0.25, -0.2) is 43.9 Å². The molecule has 0 unspecified atom stereocenters. The molecule has 1 heterocycles. The van der Waals surface area contributed by atoms with Crippen LogP contribution in [0.4, 0.5) is 43.9 Å². The Kier molecular flexibility index (Phi) is 9.13. The molecule has 0 spiro atoms. The molecule has 0 N–H and O–H groups in total. The van der Waals surface area contributed by atoms with E-state index in [0.29, 0.717) is 38.8 Å². The normalized spacial score (nSPS) is 20.4. The van der Waals surface area contributed by atoms with Crippen molar-refractivity contribution in [3.8, 4) is 11.7 Å². The first-order chi connectivity index (χ1) is 19.0. The lowest BCUT2D eigenvalue weighted by atomic mass is 9.11. The molecule has 2 aromatic carbocycles. The highest BCUT2D eigenvalue weighted by Gasteiger charge is 2.50. The van der Waals surface area contributed by atoms with Crippen LogP contribution in [0.5, 0.6) is 0 Å². The Morgan fingerprint density at radius 3 is 1.48 bits per heavy atom. The Bertz CT molecular complexity index is 1220. The molecule has 2 fully saturated rings. The molecular weight excluding hydrogens is 551 g/mol. The summed E-state index contributed by atoms with van der Waals surface area (Å²) in [4.78, 5) is 1.91. The van der Waals surface area contributed by atoms with Crippen molar-refractivity contribution in [3.63, 3.8) is 0 Å². The van der Waals surface area contributed by atoms with Crippen LogP contribution in [0.15, 0.2) is 0 Å². The largest absolute Gasteiger partial charge is 0.303 e. The van der Waals surface area contributed by atoms with Gasteiger partial charge in [0.25, 0.3) is 0 Å². The SMILES string of the molecule is CCCC#C[B-](c1c(F)c(F)c(F)c(F)c1F)(c1c(F)c(F)c(F)c(F)c1F)[C@@H]1CCCC[C@H]1N1CCCCC1. The Morgan fingerprint density at radius 1 is 0.600 bits per heavy atom. The zero-order valence-corrected chi connectivity index (χ0v) is 21.7. The maximum Gasteiger partial charge on any atom is 0.200 e. The zero-order valence-electron chi connectivity index (χ0n) is 21.7. The van der Waals surface area contributed by atoms with E-state index in [-0.39, 0.29) is 12.8 Å². The van der Waals surface area contributed by atoms with Crippen LogP contribution < -0.4 is 10.9 Å². The molecule has 0 radical (unpaired) electrons. The fraction of sp³-hybridized carbons (Fsp3) is 0.500. The van der Waals surface area contributed by atoms with Crippen molar-refractivity contribution in [2.45, 2.75) is 76.6 Å². The first kappa shape index (κ1) is 30.3. The molecule has 218 valence electrons. The third-order valence-corrected chi connectivity index (χ3v) is 8.39. The predicted octanol–water partition coefficient (Wildman–Crippen LogP) is 6.78. The van der Waals surface area contributed by atoms with Gasteiger partial charge >= 0.3 is 0 Å². The molecule has 1 saturated heterocycles. The van der Waals surface area contributed by atoms with Gasteiger partial charge in [-0.2, -0.15) is 0 Å². The zero-order chi connectivity index (χ0) is 29.4. The van der Waals surface area contributed by atoms with Crippen LogP contribution in [0, 0.1) is 69.9 Å². The molecular formula is C28H27BF10N-. The molecule has 4 rings (SSSR count). The van der Waals surface area contributed by atoms with E-state index < -0.39 is 87.1 Å². The summed E-state index contributed by atoms with van der Waals surface area (Å²) in [5.74, 6) is -20.6. The van der Waals surface area contributed by atoms with Gasteiger partial charge in [0.15, 0.2) is 34.9 Å². The van der Waals surface area contributed by atoms with Crippen molar-refractivity contribution in [1.82, 2.24) is 4.90 Å².